The van der Waals surface area contributed by atoms with E-state index in [1.54, 1.807) is 48.7 Å². The van der Waals surface area contributed by atoms with Gasteiger partial charge in [0.25, 0.3) is 15.9 Å². The average Bonchev–Trinajstić information content (AvgIpc) is 3.24. The van der Waals surface area contributed by atoms with Gasteiger partial charge in [-0.25, -0.2) is 8.42 Å². The monoisotopic (exact) mass is 491 g/mol. The Bertz CT molecular complexity index is 1100. The number of nitrogens with zero attached hydrogens (tertiary/aromatic N) is 1. The van der Waals surface area contributed by atoms with Crippen molar-refractivity contribution in [3.63, 3.8) is 0 Å². The lowest BCUT2D eigenvalue weighted by molar-refractivity contribution is 0.0939. The topological polar surface area (TPSA) is 91.7 Å². The Hall–Kier alpha value is -2.62. The lowest BCUT2D eigenvalue weighted by atomic mass is 10.2. The van der Waals surface area contributed by atoms with Gasteiger partial charge in [0.2, 0.25) is 0 Å². The Morgan fingerprint density at radius 2 is 1.83 bits per heavy atom. The molecule has 30 heavy (non-hydrogen) atoms. The highest BCUT2D eigenvalue weighted by Gasteiger charge is 2.20. The number of benzene rings is 2. The van der Waals surface area contributed by atoms with Gasteiger partial charge in [0, 0.05) is 22.3 Å². The minimum absolute atomic E-state index is 0.00765. The Morgan fingerprint density at radius 1 is 1.10 bits per heavy atom. The zero-order valence-corrected chi connectivity index (χ0v) is 18.9. The molecule has 2 N–H and O–H groups in total. The molecule has 1 aromatic heterocycles. The van der Waals surface area contributed by atoms with Crippen LogP contribution in [0, 0.1) is 0 Å². The van der Waals surface area contributed by atoms with Crippen molar-refractivity contribution in [1.82, 2.24) is 10.2 Å². The highest BCUT2D eigenvalue weighted by atomic mass is 79.9. The zero-order valence-electron chi connectivity index (χ0n) is 16.5. The van der Waals surface area contributed by atoms with Gasteiger partial charge in [-0.15, -0.1) is 0 Å². The first-order chi connectivity index (χ1) is 14.3. The van der Waals surface area contributed by atoms with E-state index in [-0.39, 0.29) is 22.4 Å². The van der Waals surface area contributed by atoms with E-state index in [0.717, 1.165) is 10.2 Å². The number of anilines is 1. The fourth-order valence-electron chi connectivity index (χ4n) is 2.85. The van der Waals surface area contributed by atoms with Crippen molar-refractivity contribution in [2.24, 2.45) is 0 Å². The summed E-state index contributed by atoms with van der Waals surface area (Å²) in [4.78, 5) is 14.6. The molecule has 158 valence electrons. The normalized spacial score (nSPS) is 12.5. The first-order valence-corrected chi connectivity index (χ1v) is 11.4. The fourth-order valence-corrected chi connectivity index (χ4v) is 4.21. The Morgan fingerprint density at radius 3 is 2.47 bits per heavy atom. The number of sulfonamides is 1. The predicted octanol–water partition coefficient (Wildman–Crippen LogP) is 3.88. The molecular formula is C21H22BrN3O4S. The number of halogens is 1. The van der Waals surface area contributed by atoms with Crippen LogP contribution in [0.1, 0.15) is 22.2 Å². The van der Waals surface area contributed by atoms with Crippen LogP contribution in [-0.2, 0) is 10.0 Å². The molecule has 0 saturated heterocycles. The minimum atomic E-state index is -3.83. The minimum Gasteiger partial charge on any atom is -0.468 e. The van der Waals surface area contributed by atoms with E-state index >= 15 is 0 Å². The summed E-state index contributed by atoms with van der Waals surface area (Å²) in [5.74, 6) is 0.365. The molecule has 0 saturated carbocycles. The second-order valence-electron chi connectivity index (χ2n) is 6.85. The molecule has 9 heteroatoms. The number of amides is 1. The lowest BCUT2D eigenvalue weighted by Gasteiger charge is -2.22. The molecule has 2 aromatic carbocycles. The molecule has 0 aliphatic rings. The van der Waals surface area contributed by atoms with E-state index in [1.807, 2.05) is 25.1 Å². The number of rotatable bonds is 8. The van der Waals surface area contributed by atoms with Gasteiger partial charge < -0.3 is 9.73 Å². The molecule has 0 unspecified atom stereocenters. The maximum atomic E-state index is 12.7. The van der Waals surface area contributed by atoms with Crippen LogP contribution in [0.5, 0.6) is 0 Å². The maximum Gasteiger partial charge on any atom is 0.261 e. The number of nitrogens with one attached hydrogen (secondary N) is 2. The SMILES string of the molecule is CN(C)[C@H](CNC(=O)c1cccc(S(=O)(=O)Nc2ccc(Br)cc2)c1)c1ccco1. The first-order valence-electron chi connectivity index (χ1n) is 9.13. The van der Waals surface area contributed by atoms with Crippen molar-refractivity contribution in [3.8, 4) is 0 Å². The molecule has 1 heterocycles. The van der Waals surface area contributed by atoms with Crippen molar-refractivity contribution >= 4 is 37.5 Å². The van der Waals surface area contributed by atoms with Crippen LogP contribution in [0.15, 0.2) is 80.7 Å². The summed E-state index contributed by atoms with van der Waals surface area (Å²) in [6.45, 7) is 0.313. The summed E-state index contributed by atoms with van der Waals surface area (Å²) in [7, 11) is -0.0525. The molecular weight excluding hydrogens is 470 g/mol. The van der Waals surface area contributed by atoms with E-state index in [4.69, 9.17) is 4.42 Å². The van der Waals surface area contributed by atoms with Crippen LogP contribution in [0.4, 0.5) is 5.69 Å². The Balaban J connectivity index is 1.72. The summed E-state index contributed by atoms with van der Waals surface area (Å²) in [6.07, 6.45) is 1.58. The van der Waals surface area contributed by atoms with Crippen LogP contribution in [0.25, 0.3) is 0 Å². The third kappa shape index (κ3) is 5.50. The predicted molar refractivity (Wildman–Crippen MR) is 119 cm³/mol. The smallest absolute Gasteiger partial charge is 0.261 e. The molecule has 0 aliphatic carbocycles. The maximum absolute atomic E-state index is 12.7. The molecule has 3 rings (SSSR count). The van der Waals surface area contributed by atoms with E-state index in [0.29, 0.717) is 12.2 Å². The Labute approximate surface area is 184 Å². The van der Waals surface area contributed by atoms with E-state index in [1.165, 1.54) is 12.1 Å². The fraction of sp³-hybridized carbons (Fsp3) is 0.190. The molecule has 7 nitrogen and oxygen atoms in total. The van der Waals surface area contributed by atoms with Gasteiger partial charge in [0.1, 0.15) is 5.76 Å². The standard InChI is InChI=1S/C21H22BrN3O4S/c1-25(2)19(20-7-4-12-29-20)14-23-21(26)15-5-3-6-18(13-15)30(27,28)24-17-10-8-16(22)9-11-17/h3-13,19,24H,14H2,1-2H3,(H,23,26)/t19-/m1/s1. The summed E-state index contributed by atoms with van der Waals surface area (Å²) in [5.41, 5.74) is 0.686. The number of hydrogen-bond acceptors (Lipinski definition) is 5. The van der Waals surface area contributed by atoms with Crippen LogP contribution in [0.3, 0.4) is 0 Å². The van der Waals surface area contributed by atoms with Crippen molar-refractivity contribution < 1.29 is 17.6 Å². The van der Waals surface area contributed by atoms with E-state index in [2.05, 4.69) is 26.0 Å². The lowest BCUT2D eigenvalue weighted by Crippen LogP contribution is -2.34. The molecule has 0 spiro atoms. The summed E-state index contributed by atoms with van der Waals surface area (Å²) in [6, 6.07) is 16.2. The van der Waals surface area contributed by atoms with Gasteiger partial charge in [0.15, 0.2) is 0 Å². The van der Waals surface area contributed by atoms with Crippen molar-refractivity contribution in [2.75, 3.05) is 25.4 Å². The average molecular weight is 492 g/mol. The number of carbonyl (C=O) groups excluding carboxylic acids is 1. The van der Waals surface area contributed by atoms with Gasteiger partial charge in [-0.1, -0.05) is 22.0 Å². The molecule has 1 amide bonds. The van der Waals surface area contributed by atoms with Crippen molar-refractivity contribution in [2.45, 2.75) is 10.9 Å². The van der Waals surface area contributed by atoms with Gasteiger partial charge in [-0.3, -0.25) is 14.4 Å². The highest BCUT2D eigenvalue weighted by Crippen LogP contribution is 2.20. The van der Waals surface area contributed by atoms with E-state index < -0.39 is 10.0 Å². The largest absolute Gasteiger partial charge is 0.468 e. The van der Waals surface area contributed by atoms with Crippen LogP contribution in [0.2, 0.25) is 0 Å². The second-order valence-corrected chi connectivity index (χ2v) is 9.44. The zero-order chi connectivity index (χ0) is 21.7. The van der Waals surface area contributed by atoms with Crippen LogP contribution < -0.4 is 10.0 Å². The molecule has 0 bridgehead atoms. The van der Waals surface area contributed by atoms with Crippen LogP contribution >= 0.6 is 15.9 Å². The molecule has 0 aliphatic heterocycles. The van der Waals surface area contributed by atoms with Crippen molar-refractivity contribution in [1.29, 1.82) is 0 Å². The summed E-state index contributed by atoms with van der Waals surface area (Å²) >= 11 is 3.31. The quantitative estimate of drug-likeness (QED) is 0.498. The third-order valence-corrected chi connectivity index (χ3v) is 6.36. The molecule has 1 atom stereocenters. The number of hydrogen-bond donors (Lipinski definition) is 2. The second kappa shape index (κ2) is 9.46. The Kier molecular flexibility index (Phi) is 6.96. The first kappa shape index (κ1) is 22.1. The van der Waals surface area contributed by atoms with Gasteiger partial charge in [-0.2, -0.15) is 0 Å². The molecule has 3 aromatic rings. The number of furan rings is 1. The van der Waals surface area contributed by atoms with Gasteiger partial charge in [0.05, 0.1) is 17.2 Å². The number of carbonyl (C=O) groups is 1. The van der Waals surface area contributed by atoms with E-state index in [9.17, 15) is 13.2 Å². The van der Waals surface area contributed by atoms with Gasteiger partial charge >= 0.3 is 0 Å². The summed E-state index contributed by atoms with van der Waals surface area (Å²) in [5, 5.41) is 2.84. The van der Waals surface area contributed by atoms with Crippen molar-refractivity contribution in [3.05, 3.63) is 82.7 Å². The van der Waals surface area contributed by atoms with Gasteiger partial charge in [-0.05, 0) is 68.7 Å². The molecule has 0 fully saturated rings. The summed E-state index contributed by atoms with van der Waals surface area (Å²) < 4.78 is 34.2. The number of likely N-dealkylation sites (N-methyl/N-ethyl adjacent to an activating group) is 1. The highest BCUT2D eigenvalue weighted by molar-refractivity contribution is 9.10. The molecule has 0 radical (unpaired) electrons. The third-order valence-electron chi connectivity index (χ3n) is 4.45. The van der Waals surface area contributed by atoms with Crippen LogP contribution in [-0.4, -0.2) is 39.9 Å².